The number of pyridine rings is 1. The van der Waals surface area contributed by atoms with Crippen molar-refractivity contribution in [1.82, 2.24) is 4.98 Å². The molecule has 0 saturated carbocycles. The number of rotatable bonds is 1. The number of amides is 1. The molecule has 0 spiro atoms. The van der Waals surface area contributed by atoms with Crippen molar-refractivity contribution >= 4 is 11.8 Å². The number of hydrogen-bond donors (Lipinski definition) is 0. The standard InChI is InChI=1S/C13H18N2O3/c1-13(2,3)18-12(16)15-6-5-10-11(15)7-9(17-4)8-14-10/h7-8H,5-6H2,1-4H3. The number of aromatic nitrogens is 1. The zero-order valence-corrected chi connectivity index (χ0v) is 11.2. The Balaban J connectivity index is 2.22. The summed E-state index contributed by atoms with van der Waals surface area (Å²) in [5.41, 5.74) is 1.19. The maximum atomic E-state index is 12.1. The van der Waals surface area contributed by atoms with Crippen LogP contribution in [0.4, 0.5) is 10.5 Å². The zero-order valence-electron chi connectivity index (χ0n) is 11.2. The van der Waals surface area contributed by atoms with E-state index in [1.165, 1.54) is 0 Å². The Morgan fingerprint density at radius 1 is 1.44 bits per heavy atom. The second kappa shape index (κ2) is 4.48. The summed E-state index contributed by atoms with van der Waals surface area (Å²) in [7, 11) is 1.58. The van der Waals surface area contributed by atoms with Gasteiger partial charge in [0.25, 0.3) is 0 Å². The molecule has 5 heteroatoms. The smallest absolute Gasteiger partial charge is 0.414 e. The lowest BCUT2D eigenvalue weighted by Crippen LogP contribution is -2.35. The first-order valence-corrected chi connectivity index (χ1v) is 5.94. The zero-order chi connectivity index (χ0) is 13.3. The van der Waals surface area contributed by atoms with Gasteiger partial charge in [-0.2, -0.15) is 0 Å². The summed E-state index contributed by atoms with van der Waals surface area (Å²) >= 11 is 0. The first-order chi connectivity index (χ1) is 8.40. The molecule has 1 aromatic rings. The number of fused-ring (bicyclic) bond motifs is 1. The number of ether oxygens (including phenoxy) is 2. The van der Waals surface area contributed by atoms with Gasteiger partial charge in [-0.05, 0) is 20.8 Å². The predicted molar refractivity (Wildman–Crippen MR) is 68.1 cm³/mol. The molecule has 18 heavy (non-hydrogen) atoms. The molecule has 0 fully saturated rings. The molecular formula is C13H18N2O3. The van der Waals surface area contributed by atoms with E-state index in [4.69, 9.17) is 9.47 Å². The van der Waals surface area contributed by atoms with E-state index in [-0.39, 0.29) is 6.09 Å². The van der Waals surface area contributed by atoms with E-state index >= 15 is 0 Å². The minimum Gasteiger partial charge on any atom is -0.495 e. The Morgan fingerprint density at radius 2 is 2.17 bits per heavy atom. The minimum atomic E-state index is -0.494. The molecule has 0 N–H and O–H groups in total. The molecule has 98 valence electrons. The fourth-order valence-electron chi connectivity index (χ4n) is 1.85. The number of nitrogens with zero attached hydrogens (tertiary/aromatic N) is 2. The van der Waals surface area contributed by atoms with Gasteiger partial charge in [-0.25, -0.2) is 4.79 Å². The van der Waals surface area contributed by atoms with Crippen molar-refractivity contribution in [2.45, 2.75) is 32.8 Å². The van der Waals surface area contributed by atoms with Crippen molar-refractivity contribution in [2.24, 2.45) is 0 Å². The summed E-state index contributed by atoms with van der Waals surface area (Å²) in [6.45, 7) is 6.16. The van der Waals surface area contributed by atoms with Crippen LogP contribution in [0.2, 0.25) is 0 Å². The van der Waals surface area contributed by atoms with Crippen molar-refractivity contribution in [1.29, 1.82) is 0 Å². The quantitative estimate of drug-likeness (QED) is 0.768. The van der Waals surface area contributed by atoms with Gasteiger partial charge in [-0.15, -0.1) is 0 Å². The third-order valence-electron chi connectivity index (χ3n) is 2.63. The van der Waals surface area contributed by atoms with Gasteiger partial charge in [0.05, 0.1) is 24.7 Å². The van der Waals surface area contributed by atoms with Crippen LogP contribution in [0.15, 0.2) is 12.3 Å². The van der Waals surface area contributed by atoms with Gasteiger partial charge in [-0.3, -0.25) is 9.88 Å². The van der Waals surface area contributed by atoms with Crippen molar-refractivity contribution < 1.29 is 14.3 Å². The SMILES string of the molecule is COc1cnc2c(c1)N(C(=O)OC(C)(C)C)CC2. The van der Waals surface area contributed by atoms with Gasteiger partial charge in [0.2, 0.25) is 0 Å². The van der Waals surface area contributed by atoms with Gasteiger partial charge >= 0.3 is 6.09 Å². The summed E-state index contributed by atoms with van der Waals surface area (Å²) in [5.74, 6) is 0.643. The molecule has 0 unspecified atom stereocenters. The Hall–Kier alpha value is -1.78. The summed E-state index contributed by atoms with van der Waals surface area (Å²) in [4.78, 5) is 18.0. The minimum absolute atomic E-state index is 0.337. The highest BCUT2D eigenvalue weighted by Crippen LogP contribution is 2.30. The molecule has 1 aliphatic rings. The normalized spacial score (nSPS) is 14.3. The average Bonchev–Trinajstić information content (AvgIpc) is 2.69. The number of carbonyl (C=O) groups excluding carboxylic acids is 1. The highest BCUT2D eigenvalue weighted by molar-refractivity contribution is 5.90. The van der Waals surface area contributed by atoms with E-state index in [9.17, 15) is 4.79 Å². The van der Waals surface area contributed by atoms with Gasteiger partial charge in [0, 0.05) is 19.0 Å². The molecule has 0 aliphatic carbocycles. The topological polar surface area (TPSA) is 51.7 Å². The van der Waals surface area contributed by atoms with Crippen LogP contribution in [-0.4, -0.2) is 30.3 Å². The van der Waals surface area contributed by atoms with Crippen molar-refractivity contribution in [3.05, 3.63) is 18.0 Å². The second-order valence-electron chi connectivity index (χ2n) is 5.22. The molecular weight excluding hydrogens is 232 g/mol. The van der Waals surface area contributed by atoms with Crippen LogP contribution in [0.25, 0.3) is 0 Å². The maximum absolute atomic E-state index is 12.1. The molecule has 2 heterocycles. The highest BCUT2D eigenvalue weighted by atomic mass is 16.6. The third-order valence-corrected chi connectivity index (χ3v) is 2.63. The van der Waals surface area contributed by atoms with E-state index in [0.29, 0.717) is 12.3 Å². The fourth-order valence-corrected chi connectivity index (χ4v) is 1.85. The van der Waals surface area contributed by atoms with Gasteiger partial charge in [0.1, 0.15) is 11.4 Å². The molecule has 2 rings (SSSR count). The molecule has 0 saturated heterocycles. The van der Waals surface area contributed by atoms with E-state index in [2.05, 4.69) is 4.98 Å². The summed E-state index contributed by atoms with van der Waals surface area (Å²) < 4.78 is 10.5. The first-order valence-electron chi connectivity index (χ1n) is 5.94. The first kappa shape index (κ1) is 12.7. The molecule has 0 bridgehead atoms. The fraction of sp³-hybridized carbons (Fsp3) is 0.538. The summed E-state index contributed by atoms with van der Waals surface area (Å²) in [6.07, 6.45) is 2.08. The van der Waals surface area contributed by atoms with Gasteiger partial charge < -0.3 is 9.47 Å². The van der Waals surface area contributed by atoms with Crippen LogP contribution < -0.4 is 9.64 Å². The van der Waals surface area contributed by atoms with Crippen LogP contribution >= 0.6 is 0 Å². The lowest BCUT2D eigenvalue weighted by atomic mass is 10.2. The Labute approximate surface area is 107 Å². The van der Waals surface area contributed by atoms with E-state index in [1.807, 2.05) is 26.8 Å². The van der Waals surface area contributed by atoms with Crippen molar-refractivity contribution in [3.8, 4) is 5.75 Å². The molecule has 0 aromatic carbocycles. The van der Waals surface area contributed by atoms with Crippen LogP contribution in [0.1, 0.15) is 26.5 Å². The molecule has 1 amide bonds. The number of hydrogen-bond acceptors (Lipinski definition) is 4. The van der Waals surface area contributed by atoms with Gasteiger partial charge in [0.15, 0.2) is 0 Å². The van der Waals surface area contributed by atoms with Crippen LogP contribution in [0.5, 0.6) is 5.75 Å². The van der Waals surface area contributed by atoms with Crippen LogP contribution in [0, 0.1) is 0 Å². The molecule has 1 aromatic heterocycles. The lowest BCUT2D eigenvalue weighted by molar-refractivity contribution is 0.0584. The number of carbonyl (C=O) groups is 1. The number of anilines is 1. The van der Waals surface area contributed by atoms with Crippen LogP contribution in [0.3, 0.4) is 0 Å². The molecule has 0 radical (unpaired) electrons. The predicted octanol–water partition coefficient (Wildman–Crippen LogP) is 2.39. The summed E-state index contributed by atoms with van der Waals surface area (Å²) in [6, 6.07) is 1.82. The molecule has 0 atom stereocenters. The van der Waals surface area contributed by atoms with E-state index in [0.717, 1.165) is 17.8 Å². The van der Waals surface area contributed by atoms with Crippen molar-refractivity contribution in [3.63, 3.8) is 0 Å². The Bertz CT molecular complexity index is 466. The average molecular weight is 250 g/mol. The second-order valence-corrected chi connectivity index (χ2v) is 5.22. The maximum Gasteiger partial charge on any atom is 0.414 e. The highest BCUT2D eigenvalue weighted by Gasteiger charge is 2.30. The largest absolute Gasteiger partial charge is 0.495 e. The monoisotopic (exact) mass is 250 g/mol. The Kier molecular flexibility index (Phi) is 3.15. The van der Waals surface area contributed by atoms with E-state index in [1.54, 1.807) is 18.2 Å². The lowest BCUT2D eigenvalue weighted by Gasteiger charge is -2.24. The molecule has 1 aliphatic heterocycles. The summed E-state index contributed by atoms with van der Waals surface area (Å²) in [5, 5.41) is 0. The van der Waals surface area contributed by atoms with Gasteiger partial charge in [-0.1, -0.05) is 0 Å². The van der Waals surface area contributed by atoms with Crippen molar-refractivity contribution in [2.75, 3.05) is 18.6 Å². The number of methoxy groups -OCH3 is 1. The van der Waals surface area contributed by atoms with E-state index < -0.39 is 5.60 Å². The third kappa shape index (κ3) is 2.55. The Morgan fingerprint density at radius 3 is 2.78 bits per heavy atom. The van der Waals surface area contributed by atoms with Crippen LogP contribution in [-0.2, 0) is 11.2 Å². The molecule has 5 nitrogen and oxygen atoms in total.